The van der Waals surface area contributed by atoms with Crippen molar-refractivity contribution in [3.63, 3.8) is 0 Å². The minimum atomic E-state index is -0.348. The van der Waals surface area contributed by atoms with Gasteiger partial charge in [-0.1, -0.05) is 18.9 Å². The van der Waals surface area contributed by atoms with Gasteiger partial charge in [0.2, 0.25) is 11.8 Å². The SMILES string of the molecule is CN1C(=O)CCC1C(=O)Nc1cccc(NC2CCCC2)c1. The zero-order valence-corrected chi connectivity index (χ0v) is 13.0. The van der Waals surface area contributed by atoms with Gasteiger partial charge >= 0.3 is 0 Å². The highest BCUT2D eigenvalue weighted by molar-refractivity contribution is 5.99. The number of carbonyl (C=O) groups excluding carboxylic acids is 2. The van der Waals surface area contributed by atoms with Gasteiger partial charge < -0.3 is 15.5 Å². The fourth-order valence-electron chi connectivity index (χ4n) is 3.33. The Morgan fingerprint density at radius 3 is 2.59 bits per heavy atom. The Bertz CT molecular complexity index is 567. The van der Waals surface area contributed by atoms with E-state index in [0.717, 1.165) is 11.4 Å². The Morgan fingerprint density at radius 1 is 1.18 bits per heavy atom. The molecule has 0 spiro atoms. The molecule has 5 heteroatoms. The van der Waals surface area contributed by atoms with Crippen molar-refractivity contribution < 1.29 is 9.59 Å². The minimum Gasteiger partial charge on any atom is -0.382 e. The van der Waals surface area contributed by atoms with Crippen LogP contribution >= 0.6 is 0 Å². The zero-order chi connectivity index (χ0) is 15.5. The molecule has 1 aromatic carbocycles. The van der Waals surface area contributed by atoms with Gasteiger partial charge in [-0.05, 0) is 37.5 Å². The minimum absolute atomic E-state index is 0.0387. The predicted molar refractivity (Wildman–Crippen MR) is 86.7 cm³/mol. The maximum absolute atomic E-state index is 12.3. The quantitative estimate of drug-likeness (QED) is 0.898. The van der Waals surface area contributed by atoms with Gasteiger partial charge in [-0.15, -0.1) is 0 Å². The fourth-order valence-corrected chi connectivity index (χ4v) is 3.33. The van der Waals surface area contributed by atoms with Crippen molar-refractivity contribution in [2.45, 2.75) is 50.6 Å². The van der Waals surface area contributed by atoms with Crippen LogP contribution in [0.3, 0.4) is 0 Å². The Labute approximate surface area is 131 Å². The predicted octanol–water partition coefficient (Wildman–Crippen LogP) is 2.60. The van der Waals surface area contributed by atoms with Gasteiger partial charge in [0.25, 0.3) is 0 Å². The van der Waals surface area contributed by atoms with Crippen molar-refractivity contribution in [1.29, 1.82) is 0 Å². The topological polar surface area (TPSA) is 61.4 Å². The van der Waals surface area contributed by atoms with Crippen molar-refractivity contribution in [2.24, 2.45) is 0 Å². The van der Waals surface area contributed by atoms with Crippen LogP contribution in [0, 0.1) is 0 Å². The van der Waals surface area contributed by atoms with Crippen molar-refractivity contribution >= 4 is 23.2 Å². The smallest absolute Gasteiger partial charge is 0.247 e. The van der Waals surface area contributed by atoms with Crippen LogP contribution < -0.4 is 10.6 Å². The summed E-state index contributed by atoms with van der Waals surface area (Å²) in [5, 5.41) is 6.45. The molecule has 1 unspecified atom stereocenters. The van der Waals surface area contributed by atoms with Crippen molar-refractivity contribution in [1.82, 2.24) is 4.90 Å². The lowest BCUT2D eigenvalue weighted by Crippen LogP contribution is -2.38. The monoisotopic (exact) mass is 301 g/mol. The molecule has 118 valence electrons. The second-order valence-corrected chi connectivity index (χ2v) is 6.25. The number of nitrogens with zero attached hydrogens (tertiary/aromatic N) is 1. The molecular weight excluding hydrogens is 278 g/mol. The van der Waals surface area contributed by atoms with Gasteiger partial charge in [0, 0.05) is 30.9 Å². The van der Waals surface area contributed by atoms with E-state index >= 15 is 0 Å². The molecule has 0 aromatic heterocycles. The van der Waals surface area contributed by atoms with Crippen LogP contribution in [0.25, 0.3) is 0 Å². The number of likely N-dealkylation sites (N-methyl/N-ethyl adjacent to an activating group) is 1. The number of carbonyl (C=O) groups is 2. The maximum Gasteiger partial charge on any atom is 0.247 e. The third kappa shape index (κ3) is 3.24. The van der Waals surface area contributed by atoms with Crippen LogP contribution in [0.1, 0.15) is 38.5 Å². The van der Waals surface area contributed by atoms with E-state index in [1.807, 2.05) is 24.3 Å². The Hall–Kier alpha value is -2.04. The number of rotatable bonds is 4. The van der Waals surface area contributed by atoms with Gasteiger partial charge in [0.1, 0.15) is 6.04 Å². The average molecular weight is 301 g/mol. The molecule has 2 fully saturated rings. The molecule has 1 saturated carbocycles. The van der Waals surface area contributed by atoms with Crippen LogP contribution in [0.15, 0.2) is 24.3 Å². The largest absolute Gasteiger partial charge is 0.382 e. The second-order valence-electron chi connectivity index (χ2n) is 6.25. The molecular formula is C17H23N3O2. The van der Waals surface area contributed by atoms with Crippen LogP contribution in [-0.2, 0) is 9.59 Å². The lowest BCUT2D eigenvalue weighted by atomic mass is 10.2. The van der Waals surface area contributed by atoms with E-state index in [2.05, 4.69) is 10.6 Å². The molecule has 2 N–H and O–H groups in total. The number of hydrogen-bond donors (Lipinski definition) is 2. The summed E-state index contributed by atoms with van der Waals surface area (Å²) in [6, 6.07) is 8.01. The molecule has 5 nitrogen and oxygen atoms in total. The van der Waals surface area contributed by atoms with Gasteiger partial charge in [-0.3, -0.25) is 9.59 Å². The van der Waals surface area contributed by atoms with Crippen LogP contribution in [0.4, 0.5) is 11.4 Å². The lowest BCUT2D eigenvalue weighted by Gasteiger charge is -2.19. The second kappa shape index (κ2) is 6.38. The normalized spacial score (nSPS) is 22.1. The van der Waals surface area contributed by atoms with E-state index in [0.29, 0.717) is 18.9 Å². The first kappa shape index (κ1) is 14.9. The summed E-state index contributed by atoms with van der Waals surface area (Å²) in [7, 11) is 1.69. The zero-order valence-electron chi connectivity index (χ0n) is 13.0. The molecule has 2 aliphatic rings. The summed E-state index contributed by atoms with van der Waals surface area (Å²) < 4.78 is 0. The molecule has 1 saturated heterocycles. The number of amides is 2. The van der Waals surface area contributed by atoms with Gasteiger partial charge in [0.05, 0.1) is 0 Å². The lowest BCUT2D eigenvalue weighted by molar-refractivity contribution is -0.131. The van der Waals surface area contributed by atoms with Crippen molar-refractivity contribution in [3.05, 3.63) is 24.3 Å². The molecule has 1 heterocycles. The fraction of sp³-hybridized carbons (Fsp3) is 0.529. The Kier molecular flexibility index (Phi) is 4.32. The summed E-state index contributed by atoms with van der Waals surface area (Å²) in [5.41, 5.74) is 1.82. The molecule has 1 aliphatic heterocycles. The average Bonchev–Trinajstić information content (AvgIpc) is 3.11. The van der Waals surface area contributed by atoms with Crippen LogP contribution in [-0.4, -0.2) is 35.8 Å². The Morgan fingerprint density at radius 2 is 1.91 bits per heavy atom. The third-order valence-electron chi connectivity index (χ3n) is 4.65. The molecule has 1 atom stereocenters. The van der Waals surface area contributed by atoms with E-state index in [1.54, 1.807) is 7.05 Å². The third-order valence-corrected chi connectivity index (χ3v) is 4.65. The molecule has 3 rings (SSSR count). The van der Waals surface area contributed by atoms with Crippen LogP contribution in [0.2, 0.25) is 0 Å². The highest BCUT2D eigenvalue weighted by atomic mass is 16.2. The molecule has 1 aliphatic carbocycles. The van der Waals surface area contributed by atoms with Crippen molar-refractivity contribution in [2.75, 3.05) is 17.7 Å². The summed E-state index contributed by atoms with van der Waals surface area (Å²) in [5.74, 6) is -0.0665. The summed E-state index contributed by atoms with van der Waals surface area (Å²) in [6.07, 6.45) is 6.06. The highest BCUT2D eigenvalue weighted by Gasteiger charge is 2.33. The number of hydrogen-bond acceptors (Lipinski definition) is 3. The first-order chi connectivity index (χ1) is 10.6. The number of benzene rings is 1. The van der Waals surface area contributed by atoms with Crippen molar-refractivity contribution in [3.8, 4) is 0 Å². The first-order valence-electron chi connectivity index (χ1n) is 8.06. The van der Waals surface area contributed by atoms with E-state index in [4.69, 9.17) is 0 Å². The number of anilines is 2. The summed E-state index contributed by atoms with van der Waals surface area (Å²) >= 11 is 0. The van der Waals surface area contributed by atoms with E-state index in [1.165, 1.54) is 30.6 Å². The van der Waals surface area contributed by atoms with Gasteiger partial charge in [-0.25, -0.2) is 0 Å². The Balaban J connectivity index is 1.62. The molecule has 0 radical (unpaired) electrons. The van der Waals surface area contributed by atoms with E-state index < -0.39 is 0 Å². The molecule has 2 amide bonds. The summed E-state index contributed by atoms with van der Waals surface area (Å²) in [4.78, 5) is 25.4. The number of likely N-dealkylation sites (tertiary alicyclic amines) is 1. The van der Waals surface area contributed by atoms with Crippen LogP contribution in [0.5, 0.6) is 0 Å². The standard InChI is InChI=1S/C17H23N3O2/c1-20-15(9-10-16(20)21)17(22)19-14-8-4-7-13(11-14)18-12-5-2-3-6-12/h4,7-8,11-12,15,18H,2-3,5-6,9-10H2,1H3,(H,19,22). The van der Waals surface area contributed by atoms with Gasteiger partial charge in [0.15, 0.2) is 0 Å². The maximum atomic E-state index is 12.3. The van der Waals surface area contributed by atoms with E-state index in [-0.39, 0.29) is 17.9 Å². The van der Waals surface area contributed by atoms with Gasteiger partial charge in [-0.2, -0.15) is 0 Å². The summed E-state index contributed by atoms with van der Waals surface area (Å²) in [6.45, 7) is 0. The highest BCUT2D eigenvalue weighted by Crippen LogP contribution is 2.24. The van der Waals surface area contributed by atoms with E-state index in [9.17, 15) is 9.59 Å². The first-order valence-corrected chi connectivity index (χ1v) is 8.06. The number of nitrogens with one attached hydrogen (secondary N) is 2. The molecule has 1 aromatic rings. The molecule has 22 heavy (non-hydrogen) atoms. The molecule has 0 bridgehead atoms.